The zero-order chi connectivity index (χ0) is 10.1. The SMILES string of the molecule is CCc1c(C2CCCC2C)noc1N. The standard InChI is InChI=1S/C11H18N2O/c1-3-8-10(13-14-11(8)12)9-6-4-5-7(9)2/h7,9H,3-6,12H2,1-2H3. The molecule has 1 aliphatic carbocycles. The van der Waals surface area contributed by atoms with Gasteiger partial charge in [0.15, 0.2) is 0 Å². The minimum Gasteiger partial charge on any atom is -0.367 e. The average molecular weight is 194 g/mol. The molecule has 2 unspecified atom stereocenters. The monoisotopic (exact) mass is 194 g/mol. The molecule has 0 radical (unpaired) electrons. The van der Waals surface area contributed by atoms with Gasteiger partial charge in [-0.15, -0.1) is 0 Å². The average Bonchev–Trinajstić information content (AvgIpc) is 2.71. The molecule has 0 amide bonds. The molecule has 14 heavy (non-hydrogen) atoms. The topological polar surface area (TPSA) is 52.0 Å². The summed E-state index contributed by atoms with van der Waals surface area (Å²) >= 11 is 0. The van der Waals surface area contributed by atoms with E-state index in [1.54, 1.807) is 0 Å². The lowest BCUT2D eigenvalue weighted by Gasteiger charge is -2.12. The van der Waals surface area contributed by atoms with Crippen LogP contribution in [0.25, 0.3) is 0 Å². The summed E-state index contributed by atoms with van der Waals surface area (Å²) in [5.41, 5.74) is 7.98. The molecule has 2 N–H and O–H groups in total. The van der Waals surface area contributed by atoms with Crippen molar-refractivity contribution in [3.05, 3.63) is 11.3 Å². The molecule has 1 aromatic rings. The van der Waals surface area contributed by atoms with E-state index in [0.29, 0.717) is 11.8 Å². The number of anilines is 1. The van der Waals surface area contributed by atoms with Crippen LogP contribution < -0.4 is 5.73 Å². The molecule has 1 aliphatic rings. The highest BCUT2D eigenvalue weighted by molar-refractivity contribution is 5.40. The number of hydrogen-bond donors (Lipinski definition) is 1. The zero-order valence-corrected chi connectivity index (χ0v) is 8.92. The predicted molar refractivity (Wildman–Crippen MR) is 56.0 cm³/mol. The van der Waals surface area contributed by atoms with E-state index in [2.05, 4.69) is 19.0 Å². The van der Waals surface area contributed by atoms with Gasteiger partial charge in [-0.2, -0.15) is 0 Å². The van der Waals surface area contributed by atoms with Crippen LogP contribution in [0.1, 0.15) is 50.3 Å². The minimum absolute atomic E-state index is 0.515. The maximum atomic E-state index is 5.74. The highest BCUT2D eigenvalue weighted by atomic mass is 16.5. The van der Waals surface area contributed by atoms with Gasteiger partial charge in [-0.05, 0) is 18.8 Å². The van der Waals surface area contributed by atoms with Crippen LogP contribution in [0.3, 0.4) is 0 Å². The quantitative estimate of drug-likeness (QED) is 0.787. The minimum atomic E-state index is 0.515. The van der Waals surface area contributed by atoms with Gasteiger partial charge in [0.2, 0.25) is 5.88 Å². The molecule has 3 heteroatoms. The third-order valence-electron chi connectivity index (χ3n) is 3.42. The molecule has 0 spiro atoms. The molecule has 1 heterocycles. The third kappa shape index (κ3) is 1.41. The van der Waals surface area contributed by atoms with Gasteiger partial charge in [0.05, 0.1) is 5.69 Å². The molecule has 1 fully saturated rings. The lowest BCUT2D eigenvalue weighted by molar-refractivity contribution is 0.407. The van der Waals surface area contributed by atoms with Gasteiger partial charge in [-0.25, -0.2) is 0 Å². The summed E-state index contributed by atoms with van der Waals surface area (Å²) < 4.78 is 5.08. The lowest BCUT2D eigenvalue weighted by Crippen LogP contribution is -2.05. The van der Waals surface area contributed by atoms with Crippen molar-refractivity contribution in [1.29, 1.82) is 0 Å². The van der Waals surface area contributed by atoms with E-state index in [1.807, 2.05) is 0 Å². The van der Waals surface area contributed by atoms with Crippen molar-refractivity contribution in [3.63, 3.8) is 0 Å². The van der Waals surface area contributed by atoms with E-state index in [-0.39, 0.29) is 0 Å². The van der Waals surface area contributed by atoms with Gasteiger partial charge >= 0.3 is 0 Å². The first-order valence-electron chi connectivity index (χ1n) is 5.48. The molecule has 0 bridgehead atoms. The van der Waals surface area contributed by atoms with E-state index in [0.717, 1.165) is 23.6 Å². The van der Waals surface area contributed by atoms with Crippen molar-refractivity contribution >= 4 is 5.88 Å². The maximum absolute atomic E-state index is 5.74. The Bertz CT molecular complexity index is 319. The van der Waals surface area contributed by atoms with Crippen LogP contribution in [0.15, 0.2) is 4.52 Å². The second kappa shape index (κ2) is 3.64. The Hall–Kier alpha value is -0.990. The van der Waals surface area contributed by atoms with Gasteiger partial charge in [-0.3, -0.25) is 0 Å². The molecule has 1 saturated carbocycles. The van der Waals surface area contributed by atoms with Crippen LogP contribution >= 0.6 is 0 Å². The molecule has 1 aromatic heterocycles. The summed E-state index contributed by atoms with van der Waals surface area (Å²) in [7, 11) is 0. The van der Waals surface area contributed by atoms with Gasteiger partial charge < -0.3 is 10.3 Å². The first kappa shape index (κ1) is 9.56. The Morgan fingerprint density at radius 2 is 2.29 bits per heavy atom. The zero-order valence-electron chi connectivity index (χ0n) is 8.92. The Balaban J connectivity index is 2.30. The smallest absolute Gasteiger partial charge is 0.225 e. The number of aromatic nitrogens is 1. The van der Waals surface area contributed by atoms with E-state index in [1.165, 1.54) is 19.3 Å². The Morgan fingerprint density at radius 1 is 1.50 bits per heavy atom. The van der Waals surface area contributed by atoms with E-state index < -0.39 is 0 Å². The normalized spacial score (nSPS) is 27.0. The molecule has 3 nitrogen and oxygen atoms in total. The molecule has 0 aromatic carbocycles. The maximum Gasteiger partial charge on any atom is 0.225 e. The fourth-order valence-corrected chi connectivity index (χ4v) is 2.53. The fraction of sp³-hybridized carbons (Fsp3) is 0.727. The van der Waals surface area contributed by atoms with Gasteiger partial charge in [0.25, 0.3) is 0 Å². The van der Waals surface area contributed by atoms with Crippen LogP contribution in [0.5, 0.6) is 0 Å². The number of hydrogen-bond acceptors (Lipinski definition) is 3. The molecular formula is C11H18N2O. The lowest BCUT2D eigenvalue weighted by atomic mass is 9.91. The Morgan fingerprint density at radius 3 is 2.86 bits per heavy atom. The fourth-order valence-electron chi connectivity index (χ4n) is 2.53. The number of nitrogen functional groups attached to an aromatic ring is 1. The summed E-state index contributed by atoms with van der Waals surface area (Å²) in [6.07, 6.45) is 4.77. The molecule has 78 valence electrons. The Labute approximate surface area is 84.7 Å². The largest absolute Gasteiger partial charge is 0.367 e. The summed E-state index contributed by atoms with van der Waals surface area (Å²) in [5, 5.41) is 4.12. The van der Waals surface area contributed by atoms with Crippen LogP contribution in [0.2, 0.25) is 0 Å². The van der Waals surface area contributed by atoms with E-state index in [9.17, 15) is 0 Å². The van der Waals surface area contributed by atoms with Gasteiger partial charge in [0, 0.05) is 11.5 Å². The van der Waals surface area contributed by atoms with Gasteiger partial charge in [0.1, 0.15) is 0 Å². The van der Waals surface area contributed by atoms with Crippen molar-refractivity contribution in [2.75, 3.05) is 5.73 Å². The van der Waals surface area contributed by atoms with Crippen LogP contribution in [0, 0.1) is 5.92 Å². The van der Waals surface area contributed by atoms with Crippen LogP contribution in [-0.2, 0) is 6.42 Å². The van der Waals surface area contributed by atoms with Crippen LogP contribution in [0.4, 0.5) is 5.88 Å². The van der Waals surface area contributed by atoms with Crippen LogP contribution in [-0.4, -0.2) is 5.16 Å². The van der Waals surface area contributed by atoms with Crippen molar-refractivity contribution in [1.82, 2.24) is 5.16 Å². The highest BCUT2D eigenvalue weighted by Gasteiger charge is 2.30. The van der Waals surface area contributed by atoms with Crippen molar-refractivity contribution < 1.29 is 4.52 Å². The summed E-state index contributed by atoms with van der Waals surface area (Å²) in [6, 6.07) is 0. The second-order valence-corrected chi connectivity index (χ2v) is 4.28. The third-order valence-corrected chi connectivity index (χ3v) is 3.42. The van der Waals surface area contributed by atoms with E-state index >= 15 is 0 Å². The summed E-state index contributed by atoms with van der Waals surface area (Å²) in [6.45, 7) is 4.40. The predicted octanol–water partition coefficient (Wildman–Crippen LogP) is 2.72. The summed E-state index contributed by atoms with van der Waals surface area (Å²) in [4.78, 5) is 0. The van der Waals surface area contributed by atoms with E-state index in [4.69, 9.17) is 10.3 Å². The van der Waals surface area contributed by atoms with Crippen molar-refractivity contribution in [3.8, 4) is 0 Å². The Kier molecular flexibility index (Phi) is 2.48. The summed E-state index contributed by atoms with van der Waals surface area (Å²) in [5.74, 6) is 1.82. The molecular weight excluding hydrogens is 176 g/mol. The molecule has 2 rings (SSSR count). The number of rotatable bonds is 2. The number of nitrogens with two attached hydrogens (primary N) is 1. The van der Waals surface area contributed by atoms with Crippen molar-refractivity contribution in [2.45, 2.75) is 45.4 Å². The van der Waals surface area contributed by atoms with Crippen molar-refractivity contribution in [2.24, 2.45) is 5.92 Å². The van der Waals surface area contributed by atoms with Gasteiger partial charge in [-0.1, -0.05) is 31.8 Å². The molecule has 0 saturated heterocycles. The molecule has 0 aliphatic heterocycles. The first-order chi connectivity index (χ1) is 6.74. The highest BCUT2D eigenvalue weighted by Crippen LogP contribution is 2.41. The molecule has 2 atom stereocenters. The number of nitrogens with zero attached hydrogens (tertiary/aromatic N) is 1. The first-order valence-corrected chi connectivity index (χ1v) is 5.48. The second-order valence-electron chi connectivity index (χ2n) is 4.28.